The summed E-state index contributed by atoms with van der Waals surface area (Å²) in [5.74, 6) is 0.977. The van der Waals surface area contributed by atoms with Crippen molar-refractivity contribution < 1.29 is 37.0 Å². The number of nitrogens with one attached hydrogen (secondary N) is 1. The molecule has 0 aliphatic carbocycles. The topological polar surface area (TPSA) is 209 Å². The smallest absolute Gasteiger partial charge is 0.442 e. The zero-order valence-corrected chi connectivity index (χ0v) is 28.6. The summed E-state index contributed by atoms with van der Waals surface area (Å²) in [6.07, 6.45) is 5.15. The van der Waals surface area contributed by atoms with Gasteiger partial charge in [0.25, 0.3) is 10.0 Å². The first-order chi connectivity index (χ1) is 22.4. The third kappa shape index (κ3) is 9.00. The van der Waals surface area contributed by atoms with Crippen LogP contribution in [-0.2, 0) is 15.4 Å². The molecule has 2 heterocycles. The third-order valence-corrected chi connectivity index (χ3v) is 7.84. The number of terminal acetylenes is 1. The lowest BCUT2D eigenvalue weighted by atomic mass is 9.97. The van der Waals surface area contributed by atoms with Crippen LogP contribution in [0.3, 0.4) is 0 Å². The van der Waals surface area contributed by atoms with Crippen molar-refractivity contribution >= 4 is 51.2 Å². The number of benzene rings is 2. The van der Waals surface area contributed by atoms with Crippen molar-refractivity contribution in [3.63, 3.8) is 0 Å². The van der Waals surface area contributed by atoms with E-state index in [2.05, 4.69) is 26.0 Å². The SMILES string of the molecule is C#CCOc1cc(-n2nc(C(C)(C)C)oc2=O)c(Cl)cc1Cl.COc1nc(C)nc(N(C)C(=O)NS(=O)(=O)c2ccccc2C(=O)O)n1. The first-order valence-corrected chi connectivity index (χ1v) is 15.7. The van der Waals surface area contributed by atoms with Crippen molar-refractivity contribution in [3.05, 3.63) is 74.3 Å². The number of carboxylic acid groups (broad SMARTS) is 1. The quantitative estimate of drug-likeness (QED) is 0.248. The van der Waals surface area contributed by atoms with Crippen LogP contribution in [0.5, 0.6) is 11.8 Å². The van der Waals surface area contributed by atoms with Gasteiger partial charge in [-0.1, -0.05) is 62.0 Å². The first-order valence-electron chi connectivity index (χ1n) is 13.5. The molecular formula is C29H29Cl2N7O9S. The number of carbonyl (C=O) groups is 2. The lowest BCUT2D eigenvalue weighted by molar-refractivity contribution is 0.0692. The van der Waals surface area contributed by atoms with Crippen molar-refractivity contribution in [3.8, 4) is 29.8 Å². The molecule has 2 aromatic carbocycles. The van der Waals surface area contributed by atoms with E-state index in [0.717, 1.165) is 21.7 Å². The number of carboxylic acids is 1. The average Bonchev–Trinajstić information content (AvgIpc) is 3.41. The molecule has 2 N–H and O–H groups in total. The van der Waals surface area contributed by atoms with Gasteiger partial charge in [0.1, 0.15) is 23.1 Å². The highest BCUT2D eigenvalue weighted by Crippen LogP contribution is 2.33. The summed E-state index contributed by atoms with van der Waals surface area (Å²) in [7, 11) is -1.87. The molecule has 0 spiro atoms. The number of hydrogen-bond acceptors (Lipinski definition) is 12. The van der Waals surface area contributed by atoms with E-state index in [1.54, 1.807) is 11.6 Å². The molecule has 0 unspecified atom stereocenters. The van der Waals surface area contributed by atoms with Crippen LogP contribution in [0.15, 0.2) is 50.5 Å². The van der Waals surface area contributed by atoms with Crippen LogP contribution in [0.1, 0.15) is 42.8 Å². The number of urea groups is 1. The highest BCUT2D eigenvalue weighted by Gasteiger charge is 2.27. The van der Waals surface area contributed by atoms with Gasteiger partial charge in [0.05, 0.1) is 28.4 Å². The second-order valence-electron chi connectivity index (χ2n) is 10.5. The summed E-state index contributed by atoms with van der Waals surface area (Å²) >= 11 is 12.2. The minimum Gasteiger partial charge on any atom is -0.479 e. The summed E-state index contributed by atoms with van der Waals surface area (Å²) in [5, 5.41) is 13.8. The summed E-state index contributed by atoms with van der Waals surface area (Å²) < 4.78 is 43.0. The molecule has 0 saturated heterocycles. The van der Waals surface area contributed by atoms with Gasteiger partial charge in [0.15, 0.2) is 0 Å². The zero-order valence-electron chi connectivity index (χ0n) is 26.3. The Balaban J connectivity index is 0.000000264. The fourth-order valence-electron chi connectivity index (χ4n) is 3.54. The molecular weight excluding hydrogens is 693 g/mol. The maximum Gasteiger partial charge on any atom is 0.442 e. The molecule has 4 rings (SSSR count). The molecule has 254 valence electrons. The molecule has 0 aliphatic heterocycles. The molecule has 48 heavy (non-hydrogen) atoms. The molecule has 0 fully saturated rings. The molecule has 0 atom stereocenters. The monoisotopic (exact) mass is 721 g/mol. The fraction of sp³-hybridized carbons (Fsp3) is 0.276. The zero-order chi connectivity index (χ0) is 36.0. The lowest BCUT2D eigenvalue weighted by Gasteiger charge is -2.17. The third-order valence-electron chi connectivity index (χ3n) is 5.86. The van der Waals surface area contributed by atoms with Crippen molar-refractivity contribution in [2.75, 3.05) is 25.7 Å². The highest BCUT2D eigenvalue weighted by molar-refractivity contribution is 7.90. The van der Waals surface area contributed by atoms with Gasteiger partial charge in [-0.25, -0.2) is 27.5 Å². The molecule has 0 aliphatic rings. The fourth-order valence-corrected chi connectivity index (χ4v) is 5.23. The Hall–Kier alpha value is -5.18. The van der Waals surface area contributed by atoms with Crippen LogP contribution in [-0.4, -0.2) is 71.0 Å². The Morgan fingerprint density at radius 2 is 1.81 bits per heavy atom. The number of aromatic carboxylic acids is 1. The normalized spacial score (nSPS) is 11.1. The maximum absolute atomic E-state index is 12.4. The molecule has 0 saturated carbocycles. The van der Waals surface area contributed by atoms with Gasteiger partial charge in [-0.3, -0.25) is 4.90 Å². The number of methoxy groups -OCH3 is 1. The van der Waals surface area contributed by atoms with Crippen molar-refractivity contribution in [2.45, 2.75) is 38.0 Å². The van der Waals surface area contributed by atoms with E-state index in [-0.39, 0.29) is 34.4 Å². The summed E-state index contributed by atoms with van der Waals surface area (Å²) in [6, 6.07) is 6.73. The second kappa shape index (κ2) is 15.2. The number of carbonyl (C=O) groups excluding carboxylic acids is 1. The van der Waals surface area contributed by atoms with Crippen LogP contribution >= 0.6 is 23.2 Å². The predicted molar refractivity (Wildman–Crippen MR) is 174 cm³/mol. The second-order valence-corrected chi connectivity index (χ2v) is 13.0. The molecule has 16 nitrogen and oxygen atoms in total. The summed E-state index contributed by atoms with van der Waals surface area (Å²) in [4.78, 5) is 47.4. The molecule has 2 aromatic heterocycles. The van der Waals surface area contributed by atoms with Gasteiger partial charge >= 0.3 is 23.8 Å². The number of aryl methyl sites for hydroxylation is 1. The van der Waals surface area contributed by atoms with Crippen LogP contribution in [0, 0.1) is 19.3 Å². The Morgan fingerprint density at radius 3 is 2.40 bits per heavy atom. The van der Waals surface area contributed by atoms with E-state index in [9.17, 15) is 22.8 Å². The minimum atomic E-state index is -4.44. The van der Waals surface area contributed by atoms with Crippen molar-refractivity contribution in [1.29, 1.82) is 0 Å². The number of halogens is 2. The summed E-state index contributed by atoms with van der Waals surface area (Å²) in [6.45, 7) is 7.23. The standard InChI is InChI=1S/C15H14Cl2N2O3.C14H15N5O6S/c1-5-6-21-12-8-11(9(16)7-10(12)17)19-14(20)22-13(18-19)15(2,3)4;1-8-15-12(17-13(16-8)25-3)19(2)14(22)18-26(23,24)10-7-5-4-6-9(10)11(20)21/h1,7-8H,6H2,2-4H3;4-7H,1-3H3,(H,18,22)(H,20,21). The number of sulfonamides is 1. The van der Waals surface area contributed by atoms with E-state index in [0.29, 0.717) is 17.3 Å². The Bertz CT molecular complexity index is 2050. The maximum atomic E-state index is 12.4. The van der Waals surface area contributed by atoms with Gasteiger partial charge in [0, 0.05) is 18.5 Å². The van der Waals surface area contributed by atoms with E-state index in [4.69, 9.17) is 48.6 Å². The van der Waals surface area contributed by atoms with Gasteiger partial charge < -0.3 is 19.0 Å². The largest absolute Gasteiger partial charge is 0.479 e. The number of aromatic nitrogens is 5. The Kier molecular flexibility index (Phi) is 11.8. The van der Waals surface area contributed by atoms with Crippen LogP contribution in [0.2, 0.25) is 10.0 Å². The first kappa shape index (κ1) is 37.3. The molecule has 19 heteroatoms. The van der Waals surface area contributed by atoms with Crippen LogP contribution in [0.25, 0.3) is 5.69 Å². The van der Waals surface area contributed by atoms with E-state index in [1.165, 1.54) is 38.4 Å². The molecule has 4 aromatic rings. The predicted octanol–water partition coefficient (Wildman–Crippen LogP) is 3.86. The highest BCUT2D eigenvalue weighted by atomic mass is 35.5. The van der Waals surface area contributed by atoms with E-state index in [1.807, 2.05) is 20.8 Å². The lowest BCUT2D eigenvalue weighted by Crippen LogP contribution is -2.42. The van der Waals surface area contributed by atoms with Crippen LogP contribution < -0.4 is 24.9 Å². The number of ether oxygens (including phenoxy) is 2. The van der Waals surface area contributed by atoms with Gasteiger partial charge in [-0.05, 0) is 25.1 Å². The number of anilines is 1. The van der Waals surface area contributed by atoms with E-state index >= 15 is 0 Å². The molecule has 2 amide bonds. The Labute approximate surface area is 284 Å². The number of hydrogen-bond donors (Lipinski definition) is 2. The summed E-state index contributed by atoms with van der Waals surface area (Å²) in [5.41, 5.74) is -0.568. The van der Waals surface area contributed by atoms with Gasteiger partial charge in [0.2, 0.25) is 11.8 Å². The Morgan fingerprint density at radius 1 is 1.15 bits per heavy atom. The van der Waals surface area contributed by atoms with Gasteiger partial charge in [-0.2, -0.15) is 19.6 Å². The molecule has 0 radical (unpaired) electrons. The van der Waals surface area contributed by atoms with E-state index < -0.39 is 43.7 Å². The average molecular weight is 723 g/mol. The van der Waals surface area contributed by atoms with Gasteiger partial charge in [-0.15, -0.1) is 11.5 Å². The molecule has 0 bridgehead atoms. The minimum absolute atomic E-state index is 0.0434. The number of rotatable bonds is 8. The van der Waals surface area contributed by atoms with Crippen molar-refractivity contribution in [1.82, 2.24) is 29.5 Å². The number of nitrogens with zero attached hydrogens (tertiary/aromatic N) is 6. The van der Waals surface area contributed by atoms with Crippen molar-refractivity contribution in [2.24, 2.45) is 0 Å². The number of amides is 2. The van der Waals surface area contributed by atoms with Crippen LogP contribution in [0.4, 0.5) is 10.7 Å².